The molecule has 0 aliphatic carbocycles. The molecule has 0 fully saturated rings. The zero-order chi connectivity index (χ0) is 15.0. The molecule has 0 spiro atoms. The summed E-state index contributed by atoms with van der Waals surface area (Å²) in [6.45, 7) is 0. The number of imidazole rings is 1. The summed E-state index contributed by atoms with van der Waals surface area (Å²) >= 11 is 8.95. The van der Waals surface area contributed by atoms with Gasteiger partial charge in [0.25, 0.3) is 0 Å². The van der Waals surface area contributed by atoms with Crippen molar-refractivity contribution in [3.63, 3.8) is 0 Å². The molecular weight excluding hydrogens is 350 g/mol. The van der Waals surface area contributed by atoms with Crippen molar-refractivity contribution < 1.29 is 4.74 Å². The number of benzene rings is 2. The van der Waals surface area contributed by atoms with Gasteiger partial charge in [0.2, 0.25) is 0 Å². The fourth-order valence-electron chi connectivity index (χ4n) is 2.25. The topological polar surface area (TPSA) is 53.7 Å². The van der Waals surface area contributed by atoms with Crippen LogP contribution < -0.4 is 4.74 Å². The molecule has 0 atom stereocenters. The smallest absolute Gasteiger partial charge is 0.182 e. The van der Waals surface area contributed by atoms with Crippen LogP contribution in [-0.2, 0) is 0 Å². The van der Waals surface area contributed by atoms with E-state index < -0.39 is 0 Å². The van der Waals surface area contributed by atoms with E-state index in [0.29, 0.717) is 10.3 Å². The van der Waals surface area contributed by atoms with E-state index >= 15 is 0 Å². The molecule has 0 unspecified atom stereocenters. The molecule has 0 aliphatic rings. The number of H-pyrrole nitrogens is 1. The van der Waals surface area contributed by atoms with Crippen LogP contribution in [0.1, 0.15) is 5.56 Å². The van der Waals surface area contributed by atoms with Crippen molar-refractivity contribution in [3.05, 3.63) is 51.2 Å². The molecule has 1 heterocycles. The number of para-hydroxylation sites is 1. The molecule has 4 nitrogen and oxygen atoms in total. The fourth-order valence-corrected chi connectivity index (χ4v) is 2.98. The zero-order valence-corrected chi connectivity index (χ0v) is 13.5. The molecular formula is C15H10BrN3OS. The minimum atomic E-state index is 0.529. The lowest BCUT2D eigenvalue weighted by molar-refractivity contribution is 0.414. The normalized spacial score (nSPS) is 10.5. The minimum Gasteiger partial charge on any atom is -0.497 e. The van der Waals surface area contributed by atoms with Crippen LogP contribution in [0.5, 0.6) is 5.75 Å². The monoisotopic (exact) mass is 359 g/mol. The second kappa shape index (κ2) is 5.35. The van der Waals surface area contributed by atoms with Gasteiger partial charge in [-0.2, -0.15) is 5.26 Å². The van der Waals surface area contributed by atoms with Crippen molar-refractivity contribution in [2.45, 2.75) is 0 Å². The van der Waals surface area contributed by atoms with Crippen molar-refractivity contribution in [1.82, 2.24) is 9.55 Å². The van der Waals surface area contributed by atoms with E-state index in [9.17, 15) is 5.26 Å². The third kappa shape index (κ3) is 2.24. The van der Waals surface area contributed by atoms with E-state index in [0.717, 1.165) is 26.9 Å². The van der Waals surface area contributed by atoms with Crippen LogP contribution in [0.25, 0.3) is 16.7 Å². The number of halogens is 1. The molecule has 0 saturated heterocycles. The Balaban J connectivity index is 2.39. The van der Waals surface area contributed by atoms with E-state index in [1.165, 1.54) is 0 Å². The number of hydrogen-bond acceptors (Lipinski definition) is 3. The molecule has 0 amide bonds. The van der Waals surface area contributed by atoms with Gasteiger partial charge in [-0.1, -0.05) is 6.07 Å². The first-order valence-electron chi connectivity index (χ1n) is 6.13. The van der Waals surface area contributed by atoms with Crippen LogP contribution in [0.15, 0.2) is 40.9 Å². The summed E-state index contributed by atoms with van der Waals surface area (Å²) in [5, 5.41) is 9.20. The Morgan fingerprint density at radius 1 is 1.33 bits per heavy atom. The van der Waals surface area contributed by atoms with Gasteiger partial charge < -0.3 is 9.72 Å². The summed E-state index contributed by atoms with van der Waals surface area (Å²) < 4.78 is 8.58. The molecule has 0 bridgehead atoms. The van der Waals surface area contributed by atoms with Gasteiger partial charge in [0.1, 0.15) is 11.8 Å². The highest BCUT2D eigenvalue weighted by atomic mass is 79.9. The predicted octanol–water partition coefficient (Wildman–Crippen LogP) is 4.33. The number of hydrogen-bond donors (Lipinski definition) is 1. The molecule has 0 aliphatic heterocycles. The number of aromatic amines is 1. The van der Waals surface area contributed by atoms with Gasteiger partial charge in [-0.3, -0.25) is 4.57 Å². The van der Waals surface area contributed by atoms with Crippen LogP contribution in [-0.4, -0.2) is 16.7 Å². The Hall–Kier alpha value is -2.10. The van der Waals surface area contributed by atoms with E-state index in [1.807, 2.05) is 34.9 Å². The average molecular weight is 360 g/mol. The lowest BCUT2D eigenvalue weighted by Gasteiger charge is -2.09. The maximum Gasteiger partial charge on any atom is 0.182 e. The summed E-state index contributed by atoms with van der Waals surface area (Å²) in [4.78, 5) is 3.10. The average Bonchev–Trinajstić information content (AvgIpc) is 2.83. The first-order chi connectivity index (χ1) is 10.2. The highest BCUT2D eigenvalue weighted by molar-refractivity contribution is 9.10. The highest BCUT2D eigenvalue weighted by Gasteiger charge is 2.12. The number of ether oxygens (including phenoxy) is 1. The van der Waals surface area contributed by atoms with Crippen LogP contribution in [0, 0.1) is 16.1 Å². The van der Waals surface area contributed by atoms with Crippen LogP contribution >= 0.6 is 28.1 Å². The van der Waals surface area contributed by atoms with Gasteiger partial charge in [-0.05, 0) is 52.4 Å². The van der Waals surface area contributed by atoms with E-state index in [1.54, 1.807) is 13.2 Å². The number of nitriles is 1. The van der Waals surface area contributed by atoms with Gasteiger partial charge >= 0.3 is 0 Å². The second-order valence-corrected chi connectivity index (χ2v) is 5.64. The lowest BCUT2D eigenvalue weighted by Crippen LogP contribution is -1.96. The predicted molar refractivity (Wildman–Crippen MR) is 87.4 cm³/mol. The van der Waals surface area contributed by atoms with Crippen LogP contribution in [0.4, 0.5) is 0 Å². The fraction of sp³-hybridized carbons (Fsp3) is 0.0667. The molecule has 1 aromatic heterocycles. The Morgan fingerprint density at radius 2 is 2.14 bits per heavy atom. The first kappa shape index (κ1) is 13.9. The number of nitrogens with one attached hydrogen (secondary N) is 1. The Labute approximate surface area is 134 Å². The summed E-state index contributed by atoms with van der Waals surface area (Å²) in [6.07, 6.45) is 0. The molecule has 1 N–H and O–H groups in total. The van der Waals surface area contributed by atoms with E-state index in [4.69, 9.17) is 17.0 Å². The lowest BCUT2D eigenvalue weighted by atomic mass is 10.2. The molecule has 6 heteroatoms. The number of rotatable bonds is 2. The number of nitrogens with zero attached hydrogens (tertiary/aromatic N) is 2. The third-order valence-corrected chi connectivity index (χ3v) is 4.19. The van der Waals surface area contributed by atoms with Gasteiger partial charge in [-0.25, -0.2) is 0 Å². The maximum absolute atomic E-state index is 9.20. The summed E-state index contributed by atoms with van der Waals surface area (Å²) in [6, 6.07) is 13.4. The van der Waals surface area contributed by atoms with Crippen LogP contribution in [0.2, 0.25) is 0 Å². The molecule has 3 rings (SSSR count). The Morgan fingerprint density at radius 3 is 2.86 bits per heavy atom. The van der Waals surface area contributed by atoms with Crippen molar-refractivity contribution in [3.8, 4) is 17.5 Å². The SMILES string of the molecule is COc1ccc(Br)c(-n2c(=S)[nH]c3c(C#N)cccc32)c1. The van der Waals surface area contributed by atoms with Crippen molar-refractivity contribution >= 4 is 39.2 Å². The first-order valence-corrected chi connectivity index (χ1v) is 7.33. The molecule has 21 heavy (non-hydrogen) atoms. The number of methoxy groups -OCH3 is 1. The van der Waals surface area contributed by atoms with Crippen molar-refractivity contribution in [2.24, 2.45) is 0 Å². The van der Waals surface area contributed by atoms with Gasteiger partial charge in [0, 0.05) is 10.5 Å². The summed E-state index contributed by atoms with van der Waals surface area (Å²) in [5.41, 5.74) is 3.02. The number of fused-ring (bicyclic) bond motifs is 1. The molecule has 0 radical (unpaired) electrons. The van der Waals surface area contributed by atoms with Crippen molar-refractivity contribution in [2.75, 3.05) is 7.11 Å². The zero-order valence-electron chi connectivity index (χ0n) is 11.1. The summed E-state index contributed by atoms with van der Waals surface area (Å²) in [5.74, 6) is 0.737. The minimum absolute atomic E-state index is 0.529. The Kier molecular flexibility index (Phi) is 3.53. The molecule has 104 valence electrons. The van der Waals surface area contributed by atoms with E-state index in [2.05, 4.69) is 27.0 Å². The van der Waals surface area contributed by atoms with Crippen LogP contribution in [0.3, 0.4) is 0 Å². The number of aromatic nitrogens is 2. The molecule has 0 saturated carbocycles. The van der Waals surface area contributed by atoms with Gasteiger partial charge in [0.15, 0.2) is 4.77 Å². The molecule has 2 aromatic carbocycles. The maximum atomic E-state index is 9.20. The molecule has 3 aromatic rings. The van der Waals surface area contributed by atoms with E-state index in [-0.39, 0.29) is 0 Å². The standard InChI is InChI=1S/C15H10BrN3OS/c1-20-10-5-6-11(16)13(7-10)19-12-4-2-3-9(8-17)14(12)18-15(19)21/h2-7H,1H3,(H,18,21). The largest absolute Gasteiger partial charge is 0.497 e. The quantitative estimate of drug-likeness (QED) is 0.692. The van der Waals surface area contributed by atoms with Gasteiger partial charge in [0.05, 0.1) is 29.4 Å². The second-order valence-electron chi connectivity index (χ2n) is 4.39. The van der Waals surface area contributed by atoms with Crippen molar-refractivity contribution in [1.29, 1.82) is 5.26 Å². The third-order valence-electron chi connectivity index (χ3n) is 3.23. The van der Waals surface area contributed by atoms with Gasteiger partial charge in [-0.15, -0.1) is 0 Å². The Bertz CT molecular complexity index is 936. The highest BCUT2D eigenvalue weighted by Crippen LogP contribution is 2.30. The summed E-state index contributed by atoms with van der Waals surface area (Å²) in [7, 11) is 1.62.